The van der Waals surface area contributed by atoms with Crippen molar-refractivity contribution >= 4 is 17.7 Å². The van der Waals surface area contributed by atoms with Gasteiger partial charge < -0.3 is 19.4 Å². The molecule has 2 heterocycles. The van der Waals surface area contributed by atoms with E-state index in [0.29, 0.717) is 24.9 Å². The molecule has 2 aromatic carbocycles. The van der Waals surface area contributed by atoms with Crippen LogP contribution in [0, 0.1) is 0 Å². The van der Waals surface area contributed by atoms with Gasteiger partial charge in [-0.05, 0) is 48.9 Å². The second-order valence-corrected chi connectivity index (χ2v) is 10.6. The normalized spacial score (nSPS) is 18.4. The first-order valence-corrected chi connectivity index (χ1v) is 13.5. The van der Waals surface area contributed by atoms with Crippen molar-refractivity contribution in [3.8, 4) is 11.5 Å². The number of thioether (sulfide) groups is 1. The molecule has 182 valence electrons. The van der Waals surface area contributed by atoms with E-state index in [2.05, 4.69) is 50.4 Å². The predicted molar refractivity (Wildman–Crippen MR) is 134 cm³/mol. The van der Waals surface area contributed by atoms with E-state index in [9.17, 15) is 4.79 Å². The molecule has 3 aliphatic rings. The van der Waals surface area contributed by atoms with Crippen LogP contribution in [0.5, 0.6) is 11.5 Å². The fraction of sp³-hybridized carbons (Fsp3) is 0.444. The Hall–Kier alpha value is -3.00. The second kappa shape index (κ2) is 9.57. The van der Waals surface area contributed by atoms with Crippen molar-refractivity contribution in [2.24, 2.45) is 0 Å². The zero-order valence-electron chi connectivity index (χ0n) is 19.7. The highest BCUT2D eigenvalue weighted by atomic mass is 32.2. The number of nitrogens with one attached hydrogen (secondary N) is 1. The molecule has 0 spiro atoms. The fourth-order valence-corrected chi connectivity index (χ4v) is 5.95. The molecule has 2 fully saturated rings. The lowest BCUT2D eigenvalue weighted by Gasteiger charge is -2.32. The Morgan fingerprint density at radius 2 is 1.80 bits per heavy atom. The van der Waals surface area contributed by atoms with E-state index in [1.165, 1.54) is 17.3 Å². The quantitative estimate of drug-likeness (QED) is 0.463. The number of carbonyl (C=O) groups excluding carboxylic acids is 1. The van der Waals surface area contributed by atoms with Gasteiger partial charge in [-0.3, -0.25) is 4.79 Å². The van der Waals surface area contributed by atoms with E-state index in [0.717, 1.165) is 73.1 Å². The number of amides is 1. The molecule has 1 aliphatic heterocycles. The van der Waals surface area contributed by atoms with Crippen LogP contribution in [0.25, 0.3) is 0 Å². The number of fused-ring (bicyclic) bond motifs is 1. The molecule has 7 nitrogen and oxygen atoms in total. The Morgan fingerprint density at radius 3 is 2.57 bits per heavy atom. The van der Waals surface area contributed by atoms with Gasteiger partial charge in [0.25, 0.3) is 0 Å². The predicted octanol–water partition coefficient (Wildman–Crippen LogP) is 4.65. The number of aromatic nitrogens is 3. The molecular formula is C27H30N4O3S. The maximum absolute atomic E-state index is 13.2. The summed E-state index contributed by atoms with van der Waals surface area (Å²) in [4.78, 5) is 13.2. The smallest absolute Gasteiger partial charge is 0.231 e. The second-order valence-electron chi connectivity index (χ2n) is 9.67. The third-order valence-corrected chi connectivity index (χ3v) is 8.10. The zero-order chi connectivity index (χ0) is 23.7. The molecule has 0 bridgehead atoms. The van der Waals surface area contributed by atoms with Gasteiger partial charge in [-0.15, -0.1) is 10.2 Å². The SMILES string of the molecule is O=C(CSc1nnc(C2CC2)n1Cc1ccccc1)NC1(c2ccc3c(c2)OCCO3)CCCC1. The van der Waals surface area contributed by atoms with Crippen molar-refractivity contribution in [2.75, 3.05) is 19.0 Å². The van der Waals surface area contributed by atoms with Crippen LogP contribution in [0.1, 0.15) is 61.4 Å². The Bertz CT molecular complexity index is 1200. The molecule has 0 saturated heterocycles. The Morgan fingerprint density at radius 1 is 1.03 bits per heavy atom. The van der Waals surface area contributed by atoms with E-state index >= 15 is 0 Å². The van der Waals surface area contributed by atoms with Gasteiger partial charge in [0.05, 0.1) is 17.8 Å². The average Bonchev–Trinajstić information content (AvgIpc) is 3.49. The summed E-state index contributed by atoms with van der Waals surface area (Å²) >= 11 is 1.47. The van der Waals surface area contributed by atoms with Gasteiger partial charge in [-0.1, -0.05) is 61.0 Å². The third kappa shape index (κ3) is 4.76. The van der Waals surface area contributed by atoms with Crippen molar-refractivity contribution in [1.29, 1.82) is 0 Å². The Balaban J connectivity index is 1.17. The highest BCUT2D eigenvalue weighted by Crippen LogP contribution is 2.43. The average molecular weight is 491 g/mol. The summed E-state index contributed by atoms with van der Waals surface area (Å²) in [6, 6.07) is 16.5. The van der Waals surface area contributed by atoms with Gasteiger partial charge in [-0.2, -0.15) is 0 Å². The number of ether oxygens (including phenoxy) is 2. The number of benzene rings is 2. The number of hydrogen-bond acceptors (Lipinski definition) is 6. The van der Waals surface area contributed by atoms with Crippen LogP contribution in [-0.4, -0.2) is 39.6 Å². The number of hydrogen-bond donors (Lipinski definition) is 1. The largest absolute Gasteiger partial charge is 0.486 e. The molecule has 1 N–H and O–H groups in total. The first-order valence-electron chi connectivity index (χ1n) is 12.5. The van der Waals surface area contributed by atoms with Crippen LogP contribution < -0.4 is 14.8 Å². The Kier molecular flexibility index (Phi) is 6.14. The van der Waals surface area contributed by atoms with Gasteiger partial charge in [-0.25, -0.2) is 0 Å². The van der Waals surface area contributed by atoms with Gasteiger partial charge in [0.15, 0.2) is 16.7 Å². The monoisotopic (exact) mass is 490 g/mol. The highest BCUT2D eigenvalue weighted by molar-refractivity contribution is 7.99. The molecule has 1 aromatic heterocycles. The van der Waals surface area contributed by atoms with Crippen LogP contribution in [0.2, 0.25) is 0 Å². The molecule has 1 amide bonds. The van der Waals surface area contributed by atoms with E-state index in [1.807, 2.05) is 18.2 Å². The van der Waals surface area contributed by atoms with Crippen LogP contribution in [-0.2, 0) is 16.9 Å². The minimum Gasteiger partial charge on any atom is -0.486 e. The number of rotatable bonds is 8. The summed E-state index contributed by atoms with van der Waals surface area (Å²) in [5.74, 6) is 3.41. The van der Waals surface area contributed by atoms with Crippen molar-refractivity contribution < 1.29 is 14.3 Å². The van der Waals surface area contributed by atoms with Crippen molar-refractivity contribution in [2.45, 2.75) is 61.7 Å². The standard InChI is InChI=1S/C27H30N4O3S/c32-24(28-27(12-4-5-13-27)21-10-11-22-23(16-21)34-15-14-33-22)18-35-26-30-29-25(20-8-9-20)31(26)17-19-6-2-1-3-7-19/h1-3,6-7,10-11,16,20H,4-5,8-9,12-15,17-18H2,(H,28,32). The van der Waals surface area contributed by atoms with E-state index in [-0.39, 0.29) is 11.4 Å². The lowest BCUT2D eigenvalue weighted by molar-refractivity contribution is -0.120. The summed E-state index contributed by atoms with van der Waals surface area (Å²) in [6.07, 6.45) is 6.38. The minimum atomic E-state index is -0.357. The molecule has 8 heteroatoms. The first kappa shape index (κ1) is 22.5. The van der Waals surface area contributed by atoms with Crippen molar-refractivity contribution in [1.82, 2.24) is 20.1 Å². The number of carbonyl (C=O) groups is 1. The Labute approximate surface area is 209 Å². The topological polar surface area (TPSA) is 78.3 Å². The molecule has 2 saturated carbocycles. The van der Waals surface area contributed by atoms with Crippen LogP contribution in [0.15, 0.2) is 53.7 Å². The van der Waals surface area contributed by atoms with Crippen molar-refractivity contribution in [3.63, 3.8) is 0 Å². The summed E-state index contributed by atoms with van der Waals surface area (Å²) in [6.45, 7) is 1.85. The molecule has 3 aromatic rings. The third-order valence-electron chi connectivity index (χ3n) is 7.13. The summed E-state index contributed by atoms with van der Waals surface area (Å²) in [5, 5.41) is 13.2. The minimum absolute atomic E-state index is 0.0222. The molecule has 2 aliphatic carbocycles. The van der Waals surface area contributed by atoms with Crippen LogP contribution in [0.4, 0.5) is 0 Å². The number of nitrogens with zero attached hydrogens (tertiary/aromatic N) is 3. The molecular weight excluding hydrogens is 460 g/mol. The van der Waals surface area contributed by atoms with Gasteiger partial charge >= 0.3 is 0 Å². The lowest BCUT2D eigenvalue weighted by atomic mass is 9.87. The summed E-state index contributed by atoms with van der Waals surface area (Å²) < 4.78 is 13.7. The molecule has 0 atom stereocenters. The van der Waals surface area contributed by atoms with Crippen LogP contribution in [0.3, 0.4) is 0 Å². The molecule has 0 radical (unpaired) electrons. The fourth-order valence-electron chi connectivity index (χ4n) is 5.20. The maximum Gasteiger partial charge on any atom is 0.231 e. The van der Waals surface area contributed by atoms with Crippen molar-refractivity contribution in [3.05, 3.63) is 65.5 Å². The van der Waals surface area contributed by atoms with E-state index in [1.54, 1.807) is 0 Å². The zero-order valence-corrected chi connectivity index (χ0v) is 20.6. The van der Waals surface area contributed by atoms with Gasteiger partial charge in [0.1, 0.15) is 19.0 Å². The molecule has 35 heavy (non-hydrogen) atoms. The lowest BCUT2D eigenvalue weighted by Crippen LogP contribution is -2.44. The van der Waals surface area contributed by atoms with E-state index in [4.69, 9.17) is 9.47 Å². The summed E-state index contributed by atoms with van der Waals surface area (Å²) in [7, 11) is 0. The van der Waals surface area contributed by atoms with Gasteiger partial charge in [0.2, 0.25) is 5.91 Å². The summed E-state index contributed by atoms with van der Waals surface area (Å²) in [5.41, 5.74) is 1.95. The van der Waals surface area contributed by atoms with Crippen LogP contribution >= 0.6 is 11.8 Å². The first-order chi connectivity index (χ1) is 17.2. The maximum atomic E-state index is 13.2. The molecule has 0 unspecified atom stereocenters. The molecule has 6 rings (SSSR count). The van der Waals surface area contributed by atoms with Gasteiger partial charge in [0, 0.05) is 5.92 Å². The van der Waals surface area contributed by atoms with E-state index < -0.39 is 0 Å². The highest BCUT2D eigenvalue weighted by Gasteiger charge is 2.38.